The van der Waals surface area contributed by atoms with Gasteiger partial charge >= 0.3 is 0 Å². The van der Waals surface area contributed by atoms with E-state index in [1.165, 1.54) is 0 Å². The molecule has 2 aromatic rings. The van der Waals surface area contributed by atoms with Gasteiger partial charge in [0.05, 0.1) is 21.4 Å². The maximum atomic E-state index is 5.69. The van der Waals surface area contributed by atoms with Crippen LogP contribution in [0.1, 0.15) is 17.0 Å². The lowest BCUT2D eigenvalue weighted by Crippen LogP contribution is -2.15. The zero-order valence-corrected chi connectivity index (χ0v) is 11.8. The third-order valence-corrected chi connectivity index (χ3v) is 3.82. The van der Waals surface area contributed by atoms with Crippen molar-refractivity contribution in [3.05, 3.63) is 39.8 Å². The molecule has 4 nitrogen and oxygen atoms in total. The van der Waals surface area contributed by atoms with Crippen LogP contribution in [-0.4, -0.2) is 19.8 Å². The molecule has 0 fully saturated rings. The zero-order valence-electron chi connectivity index (χ0n) is 9.44. The molecule has 2 N–H and O–H groups in total. The highest BCUT2D eigenvalue weighted by molar-refractivity contribution is 9.10. The predicted octanol–water partition coefficient (Wildman–Crippen LogP) is 2.28. The summed E-state index contributed by atoms with van der Waals surface area (Å²) in [4.78, 5) is 4.61. The van der Waals surface area contributed by atoms with E-state index in [1.54, 1.807) is 16.9 Å². The molecule has 0 aromatic carbocycles. The number of rotatable bonds is 2. The van der Waals surface area contributed by atoms with Crippen molar-refractivity contribution < 1.29 is 0 Å². The number of aryl methyl sites for hydroxylation is 1. The first-order chi connectivity index (χ1) is 8.02. The summed E-state index contributed by atoms with van der Waals surface area (Å²) in [6, 6.07) is 3.65. The summed E-state index contributed by atoms with van der Waals surface area (Å²) >= 11 is 8.50. The van der Waals surface area contributed by atoms with Crippen LogP contribution in [0.3, 0.4) is 0 Å². The van der Waals surface area contributed by atoms with Crippen LogP contribution in [0, 0.1) is 13.8 Å². The number of aromatic nitrogens is 3. The van der Waals surface area contributed by atoms with Gasteiger partial charge in [0.15, 0.2) is 5.82 Å². The van der Waals surface area contributed by atoms with E-state index < -0.39 is 0 Å². The summed E-state index contributed by atoms with van der Waals surface area (Å²) < 4.78 is 2.71. The lowest BCUT2D eigenvalue weighted by Gasteiger charge is -2.08. The second-order valence-electron chi connectivity index (χ2n) is 3.64. The Labute approximate surface area is 113 Å². The van der Waals surface area contributed by atoms with Gasteiger partial charge in [0, 0.05) is 6.20 Å². The SMILES string of the molecule is Cc1nn(-c2ncccc2C(N)=S)c(C)c1Br. The molecule has 0 amide bonds. The summed E-state index contributed by atoms with van der Waals surface area (Å²) in [6.07, 6.45) is 1.70. The van der Waals surface area contributed by atoms with Crippen molar-refractivity contribution in [1.29, 1.82) is 0 Å². The molecule has 0 aliphatic heterocycles. The van der Waals surface area contributed by atoms with Gasteiger partial charge in [-0.15, -0.1) is 0 Å². The zero-order chi connectivity index (χ0) is 12.6. The topological polar surface area (TPSA) is 56.7 Å². The summed E-state index contributed by atoms with van der Waals surface area (Å²) in [7, 11) is 0. The molecule has 2 rings (SSSR count). The molecular weight excluding hydrogens is 300 g/mol. The van der Waals surface area contributed by atoms with E-state index in [9.17, 15) is 0 Å². The van der Waals surface area contributed by atoms with E-state index in [-0.39, 0.29) is 0 Å². The normalized spacial score (nSPS) is 10.5. The van der Waals surface area contributed by atoms with Crippen molar-refractivity contribution in [2.75, 3.05) is 0 Å². The Morgan fingerprint density at radius 2 is 2.18 bits per heavy atom. The van der Waals surface area contributed by atoms with Crippen molar-refractivity contribution in [2.24, 2.45) is 5.73 Å². The molecular formula is C11H11BrN4S. The van der Waals surface area contributed by atoms with Gasteiger partial charge in [-0.2, -0.15) is 5.10 Å². The Morgan fingerprint density at radius 1 is 1.47 bits per heavy atom. The molecule has 0 atom stereocenters. The Hall–Kier alpha value is -1.27. The molecule has 2 aromatic heterocycles. The fourth-order valence-electron chi connectivity index (χ4n) is 1.59. The quantitative estimate of drug-likeness (QED) is 0.865. The number of hydrogen-bond acceptors (Lipinski definition) is 3. The summed E-state index contributed by atoms with van der Waals surface area (Å²) in [5, 5.41) is 4.42. The van der Waals surface area contributed by atoms with Gasteiger partial charge in [-0.25, -0.2) is 9.67 Å². The third kappa shape index (κ3) is 2.10. The molecule has 17 heavy (non-hydrogen) atoms. The summed E-state index contributed by atoms with van der Waals surface area (Å²) in [6.45, 7) is 3.89. The van der Waals surface area contributed by atoms with Crippen LogP contribution < -0.4 is 5.73 Å². The fraction of sp³-hybridized carbons (Fsp3) is 0.182. The standard InChI is InChI=1S/C11H11BrN4S/c1-6-9(12)7(2)16(15-6)11-8(10(13)17)4-3-5-14-11/h3-5H,1-2H3,(H2,13,17). The highest BCUT2D eigenvalue weighted by Gasteiger charge is 2.15. The summed E-state index contributed by atoms with van der Waals surface area (Å²) in [5.74, 6) is 0.659. The minimum Gasteiger partial charge on any atom is -0.389 e. The highest BCUT2D eigenvalue weighted by atomic mass is 79.9. The van der Waals surface area contributed by atoms with E-state index in [0.29, 0.717) is 10.8 Å². The molecule has 0 radical (unpaired) electrons. The van der Waals surface area contributed by atoms with Crippen LogP contribution in [0.25, 0.3) is 5.82 Å². The molecule has 6 heteroatoms. The molecule has 2 heterocycles. The van der Waals surface area contributed by atoms with Gasteiger partial charge in [-0.05, 0) is 41.9 Å². The van der Waals surface area contributed by atoms with E-state index in [0.717, 1.165) is 21.4 Å². The highest BCUT2D eigenvalue weighted by Crippen LogP contribution is 2.23. The van der Waals surface area contributed by atoms with Crippen molar-refractivity contribution >= 4 is 33.1 Å². The molecule has 0 aliphatic carbocycles. The van der Waals surface area contributed by atoms with Crippen molar-refractivity contribution in [3.8, 4) is 5.82 Å². The Morgan fingerprint density at radius 3 is 2.71 bits per heavy atom. The minimum absolute atomic E-state index is 0.316. The van der Waals surface area contributed by atoms with E-state index in [2.05, 4.69) is 26.0 Å². The van der Waals surface area contributed by atoms with Crippen molar-refractivity contribution in [2.45, 2.75) is 13.8 Å². The molecule has 0 spiro atoms. The van der Waals surface area contributed by atoms with Crippen LogP contribution >= 0.6 is 28.1 Å². The van der Waals surface area contributed by atoms with Gasteiger partial charge in [0.25, 0.3) is 0 Å². The number of halogens is 1. The van der Waals surface area contributed by atoms with Gasteiger partial charge < -0.3 is 5.73 Å². The third-order valence-electron chi connectivity index (χ3n) is 2.46. The average Bonchev–Trinajstić information content (AvgIpc) is 2.57. The van der Waals surface area contributed by atoms with Crippen LogP contribution in [0.2, 0.25) is 0 Å². The first-order valence-electron chi connectivity index (χ1n) is 4.99. The van der Waals surface area contributed by atoms with Crippen LogP contribution in [0.4, 0.5) is 0 Å². The molecule has 0 aliphatic rings. The van der Waals surface area contributed by atoms with E-state index in [4.69, 9.17) is 18.0 Å². The predicted molar refractivity (Wildman–Crippen MR) is 74.4 cm³/mol. The maximum absolute atomic E-state index is 5.69. The Balaban J connectivity index is 2.68. The van der Waals surface area contributed by atoms with Crippen LogP contribution in [0.5, 0.6) is 0 Å². The van der Waals surface area contributed by atoms with E-state index in [1.807, 2.05) is 19.9 Å². The summed E-state index contributed by atoms with van der Waals surface area (Å²) in [5.41, 5.74) is 8.28. The second kappa shape index (κ2) is 4.54. The largest absolute Gasteiger partial charge is 0.389 e. The van der Waals surface area contributed by atoms with E-state index >= 15 is 0 Å². The molecule has 0 saturated carbocycles. The maximum Gasteiger partial charge on any atom is 0.163 e. The average molecular weight is 311 g/mol. The number of thiocarbonyl (C=S) groups is 1. The van der Waals surface area contributed by atoms with Gasteiger partial charge in [-0.1, -0.05) is 12.2 Å². The second-order valence-corrected chi connectivity index (χ2v) is 4.87. The Kier molecular flexibility index (Phi) is 3.26. The van der Waals surface area contributed by atoms with Gasteiger partial charge in [-0.3, -0.25) is 0 Å². The molecule has 0 bridgehead atoms. The van der Waals surface area contributed by atoms with Crippen molar-refractivity contribution in [3.63, 3.8) is 0 Å². The first-order valence-corrected chi connectivity index (χ1v) is 6.19. The smallest absolute Gasteiger partial charge is 0.163 e. The van der Waals surface area contributed by atoms with Crippen molar-refractivity contribution in [1.82, 2.24) is 14.8 Å². The van der Waals surface area contributed by atoms with Crippen LogP contribution in [-0.2, 0) is 0 Å². The van der Waals surface area contributed by atoms with Gasteiger partial charge in [0.1, 0.15) is 4.99 Å². The first kappa shape index (κ1) is 12.2. The fourth-order valence-corrected chi connectivity index (χ4v) is 1.99. The minimum atomic E-state index is 0.316. The lowest BCUT2D eigenvalue weighted by molar-refractivity contribution is 0.804. The molecule has 88 valence electrons. The number of pyridine rings is 1. The number of nitrogens with zero attached hydrogens (tertiary/aromatic N) is 3. The Bertz CT molecular complexity index is 591. The molecule has 0 unspecified atom stereocenters. The monoisotopic (exact) mass is 310 g/mol. The lowest BCUT2D eigenvalue weighted by atomic mass is 10.2. The van der Waals surface area contributed by atoms with Crippen LogP contribution in [0.15, 0.2) is 22.8 Å². The number of hydrogen-bond donors (Lipinski definition) is 1. The number of nitrogens with two attached hydrogens (primary N) is 1. The molecule has 0 saturated heterocycles. The van der Waals surface area contributed by atoms with Gasteiger partial charge in [0.2, 0.25) is 0 Å².